The predicted molar refractivity (Wildman–Crippen MR) is 354 cm³/mol. The quantitative estimate of drug-likeness (QED) is 0.0222. The van der Waals surface area contributed by atoms with E-state index in [1.165, 1.54) is 128 Å². The molecule has 0 aliphatic rings. The van der Waals surface area contributed by atoms with Crippen LogP contribution in [0.1, 0.15) is 338 Å². The average Bonchev–Trinajstić information content (AvgIpc) is 3.66. The first-order valence-electron chi connectivity index (χ1n) is 35.8. The fourth-order valence-electron chi connectivity index (χ4n) is 10.2. The minimum Gasteiger partial charge on any atom is -0.462 e. The standard InChI is InChI=1S/C69H134O17P2/c1-9-61(7)47-39-31-25-27-34-42-50-67(72)80-56-64(85-68(73)51-43-35-23-19-17-15-13-11-12-14-16-18-21-29-37-45-59(3)4)57-83-87(75,76)81-53-63(70)54-82-88(77,78)84-58-65(86-69(74)52-44-36-28-26-32-40-48-62(8)10-2)55-79-66(71)49-41-33-24-20-22-30-38-46-60(5)6/h59-65,70H,9-58H2,1-8H3,(H,75,76)(H,77,78)/t61?,62?,63-,64+,65+/m0/s1. The number of rotatable bonds is 66. The van der Waals surface area contributed by atoms with Crippen molar-refractivity contribution in [3.63, 3.8) is 0 Å². The van der Waals surface area contributed by atoms with Gasteiger partial charge >= 0.3 is 39.5 Å². The van der Waals surface area contributed by atoms with Gasteiger partial charge in [-0.2, -0.15) is 0 Å². The highest BCUT2D eigenvalue weighted by atomic mass is 31.2. The van der Waals surface area contributed by atoms with Crippen LogP contribution < -0.4 is 0 Å². The number of hydrogen-bond acceptors (Lipinski definition) is 15. The molecule has 0 radical (unpaired) electrons. The molecule has 0 saturated heterocycles. The Kier molecular flexibility index (Phi) is 57.6. The first-order chi connectivity index (χ1) is 42.2. The Bertz CT molecular complexity index is 1750. The van der Waals surface area contributed by atoms with Crippen molar-refractivity contribution in [1.82, 2.24) is 0 Å². The number of carbonyl (C=O) groups is 4. The summed E-state index contributed by atoms with van der Waals surface area (Å²) in [6, 6.07) is 0. The lowest BCUT2D eigenvalue weighted by Crippen LogP contribution is -2.30. The van der Waals surface area contributed by atoms with E-state index in [0.717, 1.165) is 120 Å². The van der Waals surface area contributed by atoms with Crippen LogP contribution in [-0.2, 0) is 65.4 Å². The summed E-state index contributed by atoms with van der Waals surface area (Å²) >= 11 is 0. The minimum atomic E-state index is -4.95. The van der Waals surface area contributed by atoms with Crippen LogP contribution in [0.2, 0.25) is 0 Å². The zero-order valence-corrected chi connectivity index (χ0v) is 59.1. The first-order valence-corrected chi connectivity index (χ1v) is 38.8. The number of phosphoric ester groups is 2. The summed E-state index contributed by atoms with van der Waals surface area (Å²) in [6.07, 6.45) is 40.5. The highest BCUT2D eigenvalue weighted by Crippen LogP contribution is 2.45. The van der Waals surface area contributed by atoms with E-state index in [-0.39, 0.29) is 25.7 Å². The molecule has 0 heterocycles. The molecule has 0 aromatic carbocycles. The molecule has 3 N–H and O–H groups in total. The summed E-state index contributed by atoms with van der Waals surface area (Å²) in [5.41, 5.74) is 0. The molecule has 0 rings (SSSR count). The summed E-state index contributed by atoms with van der Waals surface area (Å²) in [6.45, 7) is 14.0. The van der Waals surface area contributed by atoms with E-state index < -0.39 is 97.5 Å². The third kappa shape index (κ3) is 60.3. The van der Waals surface area contributed by atoms with Gasteiger partial charge in [0.25, 0.3) is 0 Å². The zero-order chi connectivity index (χ0) is 65.4. The molecule has 0 amide bonds. The SMILES string of the molecule is CCC(C)CCCCCCCCC(=O)OC[C@H](COP(=O)(O)OC[C@H](O)COP(=O)(O)OC[C@@H](COC(=O)CCCCCCCCCC(C)C)OC(=O)CCCCCCCCC(C)CC)OC(=O)CCCCCCCCCCCCCCCCCC(C)C. The van der Waals surface area contributed by atoms with E-state index in [0.29, 0.717) is 31.6 Å². The molecular formula is C69H134O17P2. The van der Waals surface area contributed by atoms with Crippen molar-refractivity contribution in [2.75, 3.05) is 39.6 Å². The Balaban J connectivity index is 5.22. The van der Waals surface area contributed by atoms with Crippen LogP contribution in [0.4, 0.5) is 0 Å². The van der Waals surface area contributed by atoms with Gasteiger partial charge in [0.1, 0.15) is 19.3 Å². The van der Waals surface area contributed by atoms with Crippen molar-refractivity contribution in [1.29, 1.82) is 0 Å². The second-order valence-electron chi connectivity index (χ2n) is 26.4. The molecule has 0 aromatic heterocycles. The summed E-state index contributed by atoms with van der Waals surface area (Å²) < 4.78 is 68.2. The van der Waals surface area contributed by atoms with Crippen molar-refractivity contribution in [3.05, 3.63) is 0 Å². The molecule has 7 atom stereocenters. The maximum Gasteiger partial charge on any atom is 0.472 e. The van der Waals surface area contributed by atoms with Gasteiger partial charge < -0.3 is 33.8 Å². The molecule has 0 spiro atoms. The predicted octanol–water partition coefficient (Wildman–Crippen LogP) is 19.3. The number of ether oxygens (including phenoxy) is 4. The molecular weight excluding hydrogens is 1160 g/mol. The zero-order valence-electron chi connectivity index (χ0n) is 57.3. The van der Waals surface area contributed by atoms with Crippen LogP contribution in [0.5, 0.6) is 0 Å². The summed E-state index contributed by atoms with van der Waals surface area (Å²) in [7, 11) is -9.90. The number of carbonyl (C=O) groups excluding carboxylic acids is 4. The molecule has 17 nitrogen and oxygen atoms in total. The molecule has 4 unspecified atom stereocenters. The smallest absolute Gasteiger partial charge is 0.462 e. The van der Waals surface area contributed by atoms with Crippen LogP contribution in [-0.4, -0.2) is 96.7 Å². The van der Waals surface area contributed by atoms with Gasteiger partial charge in [-0.15, -0.1) is 0 Å². The maximum atomic E-state index is 13.0. The normalized spacial score (nSPS) is 14.9. The molecule has 0 aliphatic heterocycles. The molecule has 19 heteroatoms. The van der Waals surface area contributed by atoms with E-state index in [1.54, 1.807) is 0 Å². The lowest BCUT2D eigenvalue weighted by molar-refractivity contribution is -0.161. The van der Waals surface area contributed by atoms with Gasteiger partial charge in [0.15, 0.2) is 12.2 Å². The Morgan fingerprint density at radius 1 is 0.318 bits per heavy atom. The van der Waals surface area contributed by atoms with E-state index in [1.807, 2.05) is 0 Å². The first kappa shape index (κ1) is 86.1. The lowest BCUT2D eigenvalue weighted by Gasteiger charge is -2.21. The Labute approximate surface area is 537 Å². The summed E-state index contributed by atoms with van der Waals surface area (Å²) in [4.78, 5) is 72.4. The number of hydrogen-bond donors (Lipinski definition) is 3. The number of aliphatic hydroxyl groups excluding tert-OH is 1. The number of unbranched alkanes of at least 4 members (excludes halogenated alkanes) is 30. The monoisotopic (exact) mass is 1300 g/mol. The summed E-state index contributed by atoms with van der Waals surface area (Å²) in [5.74, 6) is 0.823. The van der Waals surface area contributed by atoms with Gasteiger partial charge in [-0.1, -0.05) is 287 Å². The fraction of sp³-hybridized carbons (Fsp3) is 0.942. The second-order valence-corrected chi connectivity index (χ2v) is 29.3. The number of aliphatic hydroxyl groups is 1. The Morgan fingerprint density at radius 3 is 0.807 bits per heavy atom. The van der Waals surface area contributed by atoms with Gasteiger partial charge in [0.05, 0.1) is 26.4 Å². The van der Waals surface area contributed by atoms with Crippen LogP contribution >= 0.6 is 15.6 Å². The average molecular weight is 1300 g/mol. The van der Waals surface area contributed by atoms with Crippen LogP contribution in [0.15, 0.2) is 0 Å². The van der Waals surface area contributed by atoms with Crippen molar-refractivity contribution in [2.24, 2.45) is 23.7 Å². The third-order valence-electron chi connectivity index (χ3n) is 16.5. The molecule has 0 bridgehead atoms. The topological polar surface area (TPSA) is 237 Å². The third-order valence-corrected chi connectivity index (χ3v) is 18.4. The molecule has 88 heavy (non-hydrogen) atoms. The maximum absolute atomic E-state index is 13.0. The molecule has 0 saturated carbocycles. The van der Waals surface area contributed by atoms with Gasteiger partial charge in [-0.3, -0.25) is 37.3 Å². The molecule has 522 valence electrons. The number of esters is 4. The van der Waals surface area contributed by atoms with E-state index in [2.05, 4.69) is 55.4 Å². The highest BCUT2D eigenvalue weighted by Gasteiger charge is 2.30. The van der Waals surface area contributed by atoms with E-state index in [9.17, 15) is 43.2 Å². The van der Waals surface area contributed by atoms with Crippen LogP contribution in [0.3, 0.4) is 0 Å². The van der Waals surface area contributed by atoms with Gasteiger partial charge in [-0.05, 0) is 49.4 Å². The van der Waals surface area contributed by atoms with Crippen molar-refractivity contribution in [3.8, 4) is 0 Å². The van der Waals surface area contributed by atoms with Crippen LogP contribution in [0.25, 0.3) is 0 Å². The largest absolute Gasteiger partial charge is 0.472 e. The molecule has 0 fully saturated rings. The molecule has 0 aliphatic carbocycles. The van der Waals surface area contributed by atoms with Crippen molar-refractivity contribution in [2.45, 2.75) is 356 Å². The second kappa shape index (κ2) is 58.8. The Morgan fingerprint density at radius 2 is 0.545 bits per heavy atom. The minimum absolute atomic E-state index is 0.102. The van der Waals surface area contributed by atoms with Gasteiger partial charge in [0.2, 0.25) is 0 Å². The van der Waals surface area contributed by atoms with Gasteiger partial charge in [-0.25, -0.2) is 9.13 Å². The van der Waals surface area contributed by atoms with E-state index in [4.69, 9.17) is 37.0 Å². The van der Waals surface area contributed by atoms with Crippen molar-refractivity contribution >= 4 is 39.5 Å². The van der Waals surface area contributed by atoms with Crippen LogP contribution in [0, 0.1) is 23.7 Å². The van der Waals surface area contributed by atoms with Crippen molar-refractivity contribution < 1.29 is 80.2 Å². The fourth-order valence-corrected chi connectivity index (χ4v) is 11.8. The summed E-state index contributed by atoms with van der Waals surface area (Å²) in [5, 5.41) is 10.6. The highest BCUT2D eigenvalue weighted by molar-refractivity contribution is 7.47. The lowest BCUT2D eigenvalue weighted by atomic mass is 10.00. The van der Waals surface area contributed by atoms with Gasteiger partial charge in [0, 0.05) is 25.7 Å². The Hall–Kier alpha value is -1.94. The van der Waals surface area contributed by atoms with E-state index >= 15 is 0 Å². The number of phosphoric acid groups is 2. The molecule has 0 aromatic rings.